The van der Waals surface area contributed by atoms with E-state index in [1.807, 2.05) is 37.3 Å². The van der Waals surface area contributed by atoms with Crippen LogP contribution in [0.15, 0.2) is 53.0 Å². The molecule has 2 aromatic carbocycles. The SMILES string of the molecule is CC(CNC(=O)c1cccc(F)c1Br)c1ccccc1. The van der Waals surface area contributed by atoms with Gasteiger partial charge in [0, 0.05) is 6.54 Å². The average molecular weight is 336 g/mol. The van der Waals surface area contributed by atoms with Crippen LogP contribution in [0, 0.1) is 5.82 Å². The van der Waals surface area contributed by atoms with Crippen molar-refractivity contribution in [1.29, 1.82) is 0 Å². The minimum Gasteiger partial charge on any atom is -0.351 e. The number of rotatable bonds is 4. The van der Waals surface area contributed by atoms with Gasteiger partial charge in [0.2, 0.25) is 0 Å². The Bertz CT molecular complexity index is 601. The fourth-order valence-corrected chi connectivity index (χ4v) is 2.36. The zero-order valence-corrected chi connectivity index (χ0v) is 12.7. The summed E-state index contributed by atoms with van der Waals surface area (Å²) in [5.41, 5.74) is 1.47. The fraction of sp³-hybridized carbons (Fsp3) is 0.188. The Labute approximate surface area is 126 Å². The zero-order chi connectivity index (χ0) is 14.5. The summed E-state index contributed by atoms with van der Waals surface area (Å²) in [6.07, 6.45) is 0. The normalized spacial score (nSPS) is 11.9. The van der Waals surface area contributed by atoms with Gasteiger partial charge in [-0.05, 0) is 39.5 Å². The van der Waals surface area contributed by atoms with Crippen LogP contribution in [0.1, 0.15) is 28.8 Å². The third-order valence-electron chi connectivity index (χ3n) is 3.13. The molecule has 0 heterocycles. The Morgan fingerprint density at radius 3 is 2.60 bits per heavy atom. The van der Waals surface area contributed by atoms with Crippen molar-refractivity contribution in [3.05, 3.63) is 69.9 Å². The van der Waals surface area contributed by atoms with Crippen molar-refractivity contribution >= 4 is 21.8 Å². The van der Waals surface area contributed by atoms with E-state index in [4.69, 9.17) is 0 Å². The monoisotopic (exact) mass is 335 g/mol. The van der Waals surface area contributed by atoms with E-state index in [9.17, 15) is 9.18 Å². The Morgan fingerprint density at radius 1 is 1.20 bits per heavy atom. The first-order chi connectivity index (χ1) is 9.59. The van der Waals surface area contributed by atoms with Crippen LogP contribution in [0.25, 0.3) is 0 Å². The lowest BCUT2D eigenvalue weighted by molar-refractivity contribution is 0.0950. The van der Waals surface area contributed by atoms with Gasteiger partial charge in [0.1, 0.15) is 5.82 Å². The molecule has 0 spiro atoms. The third-order valence-corrected chi connectivity index (χ3v) is 3.94. The van der Waals surface area contributed by atoms with E-state index in [0.717, 1.165) is 5.56 Å². The van der Waals surface area contributed by atoms with Crippen LogP contribution in [0.4, 0.5) is 4.39 Å². The Morgan fingerprint density at radius 2 is 1.90 bits per heavy atom. The van der Waals surface area contributed by atoms with Gasteiger partial charge in [-0.25, -0.2) is 4.39 Å². The molecule has 0 fully saturated rings. The molecule has 1 N–H and O–H groups in total. The maximum atomic E-state index is 13.4. The Kier molecular flexibility index (Phi) is 4.90. The molecule has 2 aromatic rings. The van der Waals surface area contributed by atoms with E-state index in [1.165, 1.54) is 12.1 Å². The van der Waals surface area contributed by atoms with Crippen LogP contribution in [0.3, 0.4) is 0 Å². The molecule has 2 nitrogen and oxygen atoms in total. The quantitative estimate of drug-likeness (QED) is 0.894. The summed E-state index contributed by atoms with van der Waals surface area (Å²) < 4.78 is 13.6. The average Bonchev–Trinajstić information content (AvgIpc) is 2.48. The van der Waals surface area contributed by atoms with Crippen molar-refractivity contribution in [2.45, 2.75) is 12.8 Å². The van der Waals surface area contributed by atoms with Crippen molar-refractivity contribution in [1.82, 2.24) is 5.32 Å². The molecule has 0 saturated carbocycles. The highest BCUT2D eigenvalue weighted by molar-refractivity contribution is 9.10. The number of carbonyl (C=O) groups excluding carboxylic acids is 1. The van der Waals surface area contributed by atoms with Crippen LogP contribution in [0.2, 0.25) is 0 Å². The molecule has 0 bridgehead atoms. The first-order valence-electron chi connectivity index (χ1n) is 6.36. The molecule has 0 radical (unpaired) electrons. The smallest absolute Gasteiger partial charge is 0.252 e. The molecule has 104 valence electrons. The fourth-order valence-electron chi connectivity index (χ4n) is 1.92. The minimum absolute atomic E-state index is 0.199. The molecular formula is C16H15BrFNO. The second-order valence-electron chi connectivity index (χ2n) is 4.62. The molecule has 4 heteroatoms. The predicted octanol–water partition coefficient (Wildman–Crippen LogP) is 4.12. The number of benzene rings is 2. The number of hydrogen-bond donors (Lipinski definition) is 1. The molecule has 0 aromatic heterocycles. The summed E-state index contributed by atoms with van der Waals surface area (Å²) in [5.74, 6) is -0.514. The van der Waals surface area contributed by atoms with Gasteiger partial charge in [0.15, 0.2) is 0 Å². The van der Waals surface area contributed by atoms with E-state index in [0.29, 0.717) is 12.1 Å². The third kappa shape index (κ3) is 3.45. The Balaban J connectivity index is 2.01. The molecule has 1 atom stereocenters. The number of carbonyl (C=O) groups is 1. The first-order valence-corrected chi connectivity index (χ1v) is 7.16. The molecule has 20 heavy (non-hydrogen) atoms. The lowest BCUT2D eigenvalue weighted by Gasteiger charge is -2.13. The zero-order valence-electron chi connectivity index (χ0n) is 11.1. The topological polar surface area (TPSA) is 29.1 Å². The first kappa shape index (κ1) is 14.7. The summed E-state index contributed by atoms with van der Waals surface area (Å²) in [6, 6.07) is 14.4. The number of amides is 1. The van der Waals surface area contributed by atoms with E-state index in [-0.39, 0.29) is 16.3 Å². The lowest BCUT2D eigenvalue weighted by Crippen LogP contribution is -2.27. The van der Waals surface area contributed by atoms with Gasteiger partial charge in [0.25, 0.3) is 5.91 Å². The van der Waals surface area contributed by atoms with Crippen LogP contribution in [-0.4, -0.2) is 12.5 Å². The summed E-state index contributed by atoms with van der Waals surface area (Å²) >= 11 is 3.10. The van der Waals surface area contributed by atoms with Crippen LogP contribution in [-0.2, 0) is 0 Å². The van der Waals surface area contributed by atoms with E-state index in [2.05, 4.69) is 21.2 Å². The molecule has 0 aliphatic rings. The molecule has 0 saturated heterocycles. The summed E-state index contributed by atoms with van der Waals surface area (Å²) in [7, 11) is 0. The van der Waals surface area contributed by atoms with Crippen molar-refractivity contribution < 1.29 is 9.18 Å². The standard InChI is InChI=1S/C16H15BrFNO/c1-11(12-6-3-2-4-7-12)10-19-16(20)13-8-5-9-14(18)15(13)17/h2-9,11H,10H2,1H3,(H,19,20). The molecule has 0 aliphatic carbocycles. The summed E-state index contributed by atoms with van der Waals surface area (Å²) in [6.45, 7) is 2.54. The van der Waals surface area contributed by atoms with E-state index < -0.39 is 5.82 Å². The van der Waals surface area contributed by atoms with Gasteiger partial charge in [-0.15, -0.1) is 0 Å². The summed E-state index contributed by atoms with van der Waals surface area (Å²) in [5, 5.41) is 2.83. The highest BCUT2D eigenvalue weighted by atomic mass is 79.9. The van der Waals surface area contributed by atoms with E-state index >= 15 is 0 Å². The summed E-state index contributed by atoms with van der Waals surface area (Å²) in [4.78, 5) is 12.0. The van der Waals surface area contributed by atoms with Gasteiger partial charge >= 0.3 is 0 Å². The molecule has 2 rings (SSSR count). The van der Waals surface area contributed by atoms with Gasteiger partial charge < -0.3 is 5.32 Å². The Hall–Kier alpha value is -1.68. The van der Waals surface area contributed by atoms with Crippen LogP contribution in [0.5, 0.6) is 0 Å². The second-order valence-corrected chi connectivity index (χ2v) is 5.42. The lowest BCUT2D eigenvalue weighted by atomic mass is 10.0. The molecule has 0 aliphatic heterocycles. The molecular weight excluding hydrogens is 321 g/mol. The second kappa shape index (κ2) is 6.66. The van der Waals surface area contributed by atoms with Crippen molar-refractivity contribution in [2.75, 3.05) is 6.54 Å². The number of nitrogens with one attached hydrogen (secondary N) is 1. The highest BCUT2D eigenvalue weighted by Crippen LogP contribution is 2.20. The maximum absolute atomic E-state index is 13.4. The van der Waals surface area contributed by atoms with Crippen molar-refractivity contribution in [3.8, 4) is 0 Å². The van der Waals surface area contributed by atoms with E-state index in [1.54, 1.807) is 6.07 Å². The van der Waals surface area contributed by atoms with Crippen molar-refractivity contribution in [2.24, 2.45) is 0 Å². The maximum Gasteiger partial charge on any atom is 0.252 e. The predicted molar refractivity (Wildman–Crippen MR) is 81.3 cm³/mol. The highest BCUT2D eigenvalue weighted by Gasteiger charge is 2.14. The van der Waals surface area contributed by atoms with Gasteiger partial charge in [0.05, 0.1) is 10.0 Å². The molecule has 1 unspecified atom stereocenters. The minimum atomic E-state index is -0.436. The van der Waals surface area contributed by atoms with Crippen LogP contribution >= 0.6 is 15.9 Å². The number of hydrogen-bond acceptors (Lipinski definition) is 1. The number of halogens is 2. The van der Waals surface area contributed by atoms with Crippen LogP contribution < -0.4 is 5.32 Å². The van der Waals surface area contributed by atoms with Gasteiger partial charge in [-0.1, -0.05) is 43.3 Å². The van der Waals surface area contributed by atoms with Crippen molar-refractivity contribution in [3.63, 3.8) is 0 Å². The molecule has 1 amide bonds. The van der Waals surface area contributed by atoms with Gasteiger partial charge in [-0.3, -0.25) is 4.79 Å². The van der Waals surface area contributed by atoms with Gasteiger partial charge in [-0.2, -0.15) is 0 Å². The largest absolute Gasteiger partial charge is 0.351 e.